The number of aromatic nitrogens is 4. The van der Waals surface area contributed by atoms with Crippen LogP contribution in [0.4, 0.5) is 15.2 Å². The number of fused-ring (bicyclic) bond motifs is 3. The van der Waals surface area contributed by atoms with Crippen molar-refractivity contribution in [2.24, 2.45) is 0 Å². The van der Waals surface area contributed by atoms with Gasteiger partial charge in [-0.15, -0.1) is 0 Å². The highest BCUT2D eigenvalue weighted by Gasteiger charge is 2.34. The largest absolute Gasteiger partial charge is 0.341 e. The summed E-state index contributed by atoms with van der Waals surface area (Å²) in [5, 5.41) is 11.7. The molecule has 3 aromatic heterocycles. The molecule has 1 aliphatic heterocycles. The monoisotopic (exact) mass is 526 g/mol. The van der Waals surface area contributed by atoms with Crippen LogP contribution in [0.3, 0.4) is 0 Å². The molecule has 0 aliphatic carbocycles. The number of halogens is 2. The Kier molecular flexibility index (Phi) is 4.95. The van der Waals surface area contributed by atoms with Gasteiger partial charge in [-0.25, -0.2) is 18.9 Å². The first-order valence-electron chi connectivity index (χ1n) is 11.4. The number of rotatable bonds is 4. The zero-order valence-electron chi connectivity index (χ0n) is 18.9. The summed E-state index contributed by atoms with van der Waals surface area (Å²) in [6, 6.07) is 19.0. The minimum Gasteiger partial charge on any atom is -0.341 e. The molecular weight excluding hydrogens is 511 g/mol. The molecular formula is C27H16ClFN6OS. The Morgan fingerprint density at radius 2 is 1.95 bits per heavy atom. The van der Waals surface area contributed by atoms with Crippen LogP contribution in [0.15, 0.2) is 79.3 Å². The lowest BCUT2D eigenvalue weighted by atomic mass is 9.93. The van der Waals surface area contributed by atoms with Crippen LogP contribution in [0, 0.1) is 5.82 Å². The quantitative estimate of drug-likeness (QED) is 0.278. The molecule has 1 atom stereocenters. The third-order valence-electron chi connectivity index (χ3n) is 6.40. The Labute approximate surface area is 218 Å². The molecule has 6 aromatic rings. The first kappa shape index (κ1) is 21.9. The molecule has 1 amide bonds. The molecule has 2 N–H and O–H groups in total. The number of hydrogen-bond donors (Lipinski definition) is 2. The predicted octanol–water partition coefficient (Wildman–Crippen LogP) is 6.37. The lowest BCUT2D eigenvalue weighted by molar-refractivity contribution is 0.0960. The summed E-state index contributed by atoms with van der Waals surface area (Å²) in [6.07, 6.45) is 3.35. The summed E-state index contributed by atoms with van der Waals surface area (Å²) >= 11 is 7.97. The summed E-state index contributed by atoms with van der Waals surface area (Å²) in [4.78, 5) is 22.1. The number of nitrogens with zero attached hydrogens (tertiary/aromatic N) is 4. The topological polar surface area (TPSA) is 84.2 Å². The third kappa shape index (κ3) is 3.71. The van der Waals surface area contributed by atoms with Crippen LogP contribution < -0.4 is 10.6 Å². The number of carbonyl (C=O) groups excluding carboxylic acids is 1. The summed E-state index contributed by atoms with van der Waals surface area (Å²) in [6.45, 7) is 0. The number of benzene rings is 3. The second kappa shape index (κ2) is 8.36. The van der Waals surface area contributed by atoms with Crippen molar-refractivity contribution < 1.29 is 9.18 Å². The Morgan fingerprint density at radius 3 is 2.84 bits per heavy atom. The van der Waals surface area contributed by atoms with Gasteiger partial charge in [0.15, 0.2) is 10.8 Å². The van der Waals surface area contributed by atoms with Gasteiger partial charge < -0.3 is 10.6 Å². The lowest BCUT2D eigenvalue weighted by Gasteiger charge is -2.18. The van der Waals surface area contributed by atoms with Crippen LogP contribution in [0.2, 0.25) is 5.02 Å². The molecule has 7 rings (SSSR count). The number of nitrogens with one attached hydrogen (secondary N) is 2. The van der Waals surface area contributed by atoms with Crippen molar-refractivity contribution in [3.05, 3.63) is 107 Å². The molecule has 1 aliphatic rings. The molecule has 0 spiro atoms. The van der Waals surface area contributed by atoms with E-state index in [1.807, 2.05) is 54.7 Å². The smallest absolute Gasteiger partial charge is 0.252 e. The van der Waals surface area contributed by atoms with Crippen LogP contribution in [-0.4, -0.2) is 25.5 Å². The zero-order valence-corrected chi connectivity index (χ0v) is 20.5. The fraction of sp³-hybridized carbons (Fsp3) is 0.0370. The van der Waals surface area contributed by atoms with E-state index in [1.165, 1.54) is 35.9 Å². The van der Waals surface area contributed by atoms with E-state index in [2.05, 4.69) is 20.7 Å². The Bertz CT molecular complexity index is 1830. The molecule has 3 aromatic carbocycles. The average Bonchev–Trinajstić information content (AvgIpc) is 3.62. The van der Waals surface area contributed by atoms with Gasteiger partial charge in [0.05, 0.1) is 16.3 Å². The molecule has 4 heterocycles. The van der Waals surface area contributed by atoms with Gasteiger partial charge in [0.2, 0.25) is 0 Å². The van der Waals surface area contributed by atoms with Crippen LogP contribution in [-0.2, 0) is 0 Å². The first-order valence-corrected chi connectivity index (χ1v) is 12.6. The number of amides is 1. The molecule has 0 fully saturated rings. The van der Waals surface area contributed by atoms with E-state index in [9.17, 15) is 9.18 Å². The molecule has 0 saturated carbocycles. The van der Waals surface area contributed by atoms with Crippen LogP contribution in [0.25, 0.3) is 27.0 Å². The Hall–Kier alpha value is -4.34. The van der Waals surface area contributed by atoms with Crippen molar-refractivity contribution in [2.75, 3.05) is 5.32 Å². The number of pyridine rings is 1. The van der Waals surface area contributed by atoms with Gasteiger partial charge in [-0.2, -0.15) is 5.10 Å². The van der Waals surface area contributed by atoms with Gasteiger partial charge in [-0.05, 0) is 60.2 Å². The van der Waals surface area contributed by atoms with E-state index in [1.54, 1.807) is 4.52 Å². The van der Waals surface area contributed by atoms with Gasteiger partial charge in [-0.1, -0.05) is 35.1 Å². The molecule has 37 heavy (non-hydrogen) atoms. The van der Waals surface area contributed by atoms with Crippen molar-refractivity contribution in [3.63, 3.8) is 0 Å². The summed E-state index contributed by atoms with van der Waals surface area (Å²) in [5.74, 6) is -0.697. The minimum absolute atomic E-state index is 0.267. The fourth-order valence-electron chi connectivity index (χ4n) is 4.70. The summed E-state index contributed by atoms with van der Waals surface area (Å²) < 4.78 is 16.9. The maximum atomic E-state index is 14.2. The standard InChI is InChI=1S/C27H16ClFN6OS/c28-19-7-6-16(29)11-17(19)25-24-18(26(36)34-25)9-15(14-5-8-23-30-13-31-35(23)12-14)10-21(24)33-27-32-20-3-1-2-4-22(20)37-27/h1-13,25H,(H,32,33)(H,34,36). The summed E-state index contributed by atoms with van der Waals surface area (Å²) in [5.41, 5.74) is 5.57. The van der Waals surface area contributed by atoms with Crippen LogP contribution in [0.1, 0.15) is 27.5 Å². The van der Waals surface area contributed by atoms with Crippen molar-refractivity contribution >= 4 is 55.5 Å². The van der Waals surface area contributed by atoms with Crippen LogP contribution >= 0.6 is 22.9 Å². The number of hydrogen-bond acceptors (Lipinski definition) is 6. The minimum atomic E-state index is -0.630. The Balaban J connectivity index is 1.42. The molecule has 1 unspecified atom stereocenters. The maximum Gasteiger partial charge on any atom is 0.252 e. The van der Waals surface area contributed by atoms with Gasteiger partial charge in [0.25, 0.3) is 5.91 Å². The second-order valence-electron chi connectivity index (χ2n) is 8.65. The highest BCUT2D eigenvalue weighted by molar-refractivity contribution is 7.22. The van der Waals surface area contributed by atoms with Gasteiger partial charge >= 0.3 is 0 Å². The summed E-state index contributed by atoms with van der Waals surface area (Å²) in [7, 11) is 0. The number of thiazole rings is 1. The first-order chi connectivity index (χ1) is 18.0. The van der Waals surface area contributed by atoms with E-state index in [0.717, 1.165) is 27.0 Å². The van der Waals surface area contributed by atoms with E-state index in [0.29, 0.717) is 32.5 Å². The number of anilines is 2. The normalized spacial score (nSPS) is 14.8. The average molecular weight is 527 g/mol. The third-order valence-corrected chi connectivity index (χ3v) is 7.70. The maximum absolute atomic E-state index is 14.2. The predicted molar refractivity (Wildman–Crippen MR) is 142 cm³/mol. The van der Waals surface area contributed by atoms with Crippen LogP contribution in [0.5, 0.6) is 0 Å². The molecule has 10 heteroatoms. The van der Waals surface area contributed by atoms with E-state index in [-0.39, 0.29) is 5.91 Å². The second-order valence-corrected chi connectivity index (χ2v) is 10.1. The van der Waals surface area contributed by atoms with E-state index >= 15 is 0 Å². The number of carbonyl (C=O) groups is 1. The van der Waals surface area contributed by atoms with Crippen molar-refractivity contribution in [1.29, 1.82) is 0 Å². The SMILES string of the molecule is O=C1NC(c2cc(F)ccc2Cl)c2c(Nc3nc4ccccc4s3)cc(-c3ccc4ncnn4c3)cc21. The van der Waals surface area contributed by atoms with Gasteiger partial charge in [0.1, 0.15) is 12.1 Å². The van der Waals surface area contributed by atoms with E-state index < -0.39 is 11.9 Å². The van der Waals surface area contributed by atoms with E-state index in [4.69, 9.17) is 16.6 Å². The number of para-hydroxylation sites is 1. The molecule has 0 bridgehead atoms. The lowest BCUT2D eigenvalue weighted by Crippen LogP contribution is -2.20. The Morgan fingerprint density at radius 1 is 1.05 bits per heavy atom. The van der Waals surface area contributed by atoms with Gasteiger partial charge in [0, 0.05) is 39.2 Å². The zero-order chi connectivity index (χ0) is 25.1. The highest BCUT2D eigenvalue weighted by atomic mass is 35.5. The molecule has 0 radical (unpaired) electrons. The molecule has 180 valence electrons. The van der Waals surface area contributed by atoms with Crippen molar-refractivity contribution in [2.45, 2.75) is 6.04 Å². The molecule has 0 saturated heterocycles. The highest BCUT2D eigenvalue weighted by Crippen LogP contribution is 2.43. The van der Waals surface area contributed by atoms with Gasteiger partial charge in [-0.3, -0.25) is 4.79 Å². The van der Waals surface area contributed by atoms with Crippen molar-refractivity contribution in [3.8, 4) is 11.1 Å². The fourth-order valence-corrected chi connectivity index (χ4v) is 5.81. The van der Waals surface area contributed by atoms with Crippen molar-refractivity contribution in [1.82, 2.24) is 24.9 Å². The molecule has 7 nitrogen and oxygen atoms in total.